The molecule has 2 aliphatic heterocycles. The predicted molar refractivity (Wildman–Crippen MR) is 88.5 cm³/mol. The van der Waals surface area contributed by atoms with Crippen molar-refractivity contribution in [2.75, 3.05) is 19.7 Å². The smallest absolute Gasteiger partial charge is 0.124 e. The molecule has 4 rings (SSSR count). The molecule has 0 bridgehead atoms. The molecule has 0 N–H and O–H groups in total. The van der Waals surface area contributed by atoms with Crippen molar-refractivity contribution in [1.29, 1.82) is 0 Å². The van der Waals surface area contributed by atoms with Crippen LogP contribution < -0.4 is 0 Å². The van der Waals surface area contributed by atoms with E-state index in [1.165, 1.54) is 19.4 Å². The van der Waals surface area contributed by atoms with E-state index in [1.54, 1.807) is 11.3 Å². The fourth-order valence-corrected chi connectivity index (χ4v) is 4.29. The van der Waals surface area contributed by atoms with Crippen LogP contribution in [0.15, 0.2) is 34.1 Å². The lowest BCUT2D eigenvalue weighted by Gasteiger charge is -2.34. The highest BCUT2D eigenvalue weighted by Crippen LogP contribution is 2.33. The van der Waals surface area contributed by atoms with Crippen molar-refractivity contribution >= 4 is 27.3 Å². The Kier molecular flexibility index (Phi) is 3.83. The predicted octanol–water partition coefficient (Wildman–Crippen LogP) is 4.11. The van der Waals surface area contributed by atoms with Crippen LogP contribution in [0.5, 0.6) is 0 Å². The summed E-state index contributed by atoms with van der Waals surface area (Å²) in [5.74, 6) is 0. The van der Waals surface area contributed by atoms with Gasteiger partial charge in [-0.15, -0.1) is 11.3 Å². The maximum Gasteiger partial charge on any atom is 0.124 e. The van der Waals surface area contributed by atoms with E-state index in [2.05, 4.69) is 50.5 Å². The molecule has 0 amide bonds. The molecule has 2 unspecified atom stereocenters. The molecule has 0 saturated carbocycles. The van der Waals surface area contributed by atoms with Crippen molar-refractivity contribution in [2.45, 2.75) is 25.0 Å². The molecule has 1 aromatic carbocycles. The number of ether oxygens (including phenoxy) is 1. The number of halogens is 1. The molecule has 2 saturated heterocycles. The molecule has 2 fully saturated rings. The first-order valence-corrected chi connectivity index (χ1v) is 9.04. The van der Waals surface area contributed by atoms with Crippen molar-refractivity contribution in [3.05, 3.63) is 39.1 Å². The first kappa shape index (κ1) is 13.9. The minimum absolute atomic E-state index is 0.147. The van der Waals surface area contributed by atoms with Gasteiger partial charge in [0.15, 0.2) is 0 Å². The Morgan fingerprint density at radius 2 is 2.14 bits per heavy atom. The number of fused-ring (bicyclic) bond motifs is 1. The number of morpholine rings is 1. The topological polar surface area (TPSA) is 25.4 Å². The van der Waals surface area contributed by atoms with Crippen molar-refractivity contribution in [1.82, 2.24) is 9.88 Å². The summed E-state index contributed by atoms with van der Waals surface area (Å²) in [5.41, 5.74) is 2.21. The molecular formula is C16H17BrN2OS. The van der Waals surface area contributed by atoms with E-state index in [-0.39, 0.29) is 6.10 Å². The summed E-state index contributed by atoms with van der Waals surface area (Å²) < 4.78 is 7.14. The molecule has 0 aliphatic carbocycles. The quantitative estimate of drug-likeness (QED) is 0.801. The van der Waals surface area contributed by atoms with Crippen LogP contribution in [0.1, 0.15) is 24.0 Å². The third kappa shape index (κ3) is 2.80. The zero-order valence-corrected chi connectivity index (χ0v) is 14.1. The van der Waals surface area contributed by atoms with E-state index in [0.29, 0.717) is 6.04 Å². The van der Waals surface area contributed by atoms with Gasteiger partial charge in [0.25, 0.3) is 0 Å². The van der Waals surface area contributed by atoms with Crippen molar-refractivity contribution < 1.29 is 4.74 Å². The molecule has 3 heterocycles. The summed E-state index contributed by atoms with van der Waals surface area (Å²) >= 11 is 5.18. The Morgan fingerprint density at radius 3 is 3.00 bits per heavy atom. The summed E-state index contributed by atoms with van der Waals surface area (Å²) in [4.78, 5) is 7.36. The molecule has 2 aromatic rings. The first-order valence-electron chi connectivity index (χ1n) is 7.36. The number of benzene rings is 1. The van der Waals surface area contributed by atoms with Gasteiger partial charge in [0, 0.05) is 28.0 Å². The van der Waals surface area contributed by atoms with Gasteiger partial charge in [-0.05, 0) is 31.5 Å². The largest absolute Gasteiger partial charge is 0.368 e. The summed E-state index contributed by atoms with van der Waals surface area (Å²) in [7, 11) is 0. The van der Waals surface area contributed by atoms with Crippen LogP contribution in [0.3, 0.4) is 0 Å². The van der Waals surface area contributed by atoms with E-state index in [9.17, 15) is 0 Å². The first-order chi connectivity index (χ1) is 10.3. The summed E-state index contributed by atoms with van der Waals surface area (Å²) in [5, 5.41) is 3.25. The second-order valence-electron chi connectivity index (χ2n) is 5.69. The van der Waals surface area contributed by atoms with Gasteiger partial charge < -0.3 is 4.74 Å². The maximum absolute atomic E-state index is 6.04. The standard InChI is InChI=1S/C16H17BrN2OS/c17-12-5-3-11(4-6-12)14-10-21-16(18-14)15-8-19-7-1-2-13(19)9-20-15/h3-6,10,13,15H,1-2,7-9H2. The number of hydrogen-bond donors (Lipinski definition) is 0. The Bertz CT molecular complexity index is 627. The molecule has 3 nitrogen and oxygen atoms in total. The molecule has 2 aliphatic rings. The SMILES string of the molecule is Brc1ccc(-c2csc(C3CN4CCCC4CO3)n2)cc1. The fraction of sp³-hybridized carbons (Fsp3) is 0.438. The van der Waals surface area contributed by atoms with Gasteiger partial charge in [0.2, 0.25) is 0 Å². The highest BCUT2D eigenvalue weighted by atomic mass is 79.9. The number of aromatic nitrogens is 1. The lowest BCUT2D eigenvalue weighted by Crippen LogP contribution is -2.42. The number of nitrogens with zero attached hydrogens (tertiary/aromatic N) is 2. The maximum atomic E-state index is 6.04. The molecular weight excluding hydrogens is 348 g/mol. The Hall–Kier alpha value is -0.750. The molecule has 2 atom stereocenters. The monoisotopic (exact) mass is 364 g/mol. The fourth-order valence-electron chi connectivity index (χ4n) is 3.16. The Morgan fingerprint density at radius 1 is 1.29 bits per heavy atom. The van der Waals surface area contributed by atoms with Crippen LogP contribution >= 0.6 is 27.3 Å². The van der Waals surface area contributed by atoms with E-state index >= 15 is 0 Å². The average molecular weight is 365 g/mol. The average Bonchev–Trinajstić information content (AvgIpc) is 3.16. The van der Waals surface area contributed by atoms with E-state index in [1.807, 2.05) is 0 Å². The minimum atomic E-state index is 0.147. The van der Waals surface area contributed by atoms with Gasteiger partial charge in [0.1, 0.15) is 11.1 Å². The van der Waals surface area contributed by atoms with Crippen molar-refractivity contribution in [2.24, 2.45) is 0 Å². The summed E-state index contributed by atoms with van der Waals surface area (Å²) in [6.45, 7) is 3.07. The highest BCUT2D eigenvalue weighted by molar-refractivity contribution is 9.10. The van der Waals surface area contributed by atoms with Crippen molar-refractivity contribution in [3.63, 3.8) is 0 Å². The summed E-state index contributed by atoms with van der Waals surface area (Å²) in [6.07, 6.45) is 2.74. The van der Waals surface area contributed by atoms with Gasteiger partial charge >= 0.3 is 0 Å². The van der Waals surface area contributed by atoms with Crippen LogP contribution in [0.2, 0.25) is 0 Å². The lowest BCUT2D eigenvalue weighted by molar-refractivity contribution is -0.0502. The minimum Gasteiger partial charge on any atom is -0.368 e. The molecule has 1 aromatic heterocycles. The van der Waals surface area contributed by atoms with Crippen LogP contribution in [0.25, 0.3) is 11.3 Å². The number of hydrogen-bond acceptors (Lipinski definition) is 4. The van der Waals surface area contributed by atoms with E-state index in [0.717, 1.165) is 33.9 Å². The van der Waals surface area contributed by atoms with Crippen LogP contribution in [-0.4, -0.2) is 35.6 Å². The van der Waals surface area contributed by atoms with Crippen molar-refractivity contribution in [3.8, 4) is 11.3 Å². The molecule has 0 spiro atoms. The molecule has 0 radical (unpaired) electrons. The van der Waals surface area contributed by atoms with Crippen LogP contribution in [0, 0.1) is 0 Å². The Balaban J connectivity index is 1.53. The normalized spacial score (nSPS) is 26.0. The Labute approximate surface area is 137 Å². The van der Waals surface area contributed by atoms with Gasteiger partial charge in [-0.1, -0.05) is 28.1 Å². The molecule has 21 heavy (non-hydrogen) atoms. The zero-order valence-electron chi connectivity index (χ0n) is 11.7. The van der Waals surface area contributed by atoms with Gasteiger partial charge in [-0.2, -0.15) is 0 Å². The number of rotatable bonds is 2. The van der Waals surface area contributed by atoms with E-state index < -0.39 is 0 Å². The van der Waals surface area contributed by atoms with Crippen LogP contribution in [-0.2, 0) is 4.74 Å². The van der Waals surface area contributed by atoms with Crippen LogP contribution in [0.4, 0.5) is 0 Å². The van der Waals surface area contributed by atoms with E-state index in [4.69, 9.17) is 9.72 Å². The third-order valence-electron chi connectivity index (χ3n) is 4.33. The molecule has 5 heteroatoms. The lowest BCUT2D eigenvalue weighted by atomic mass is 10.2. The van der Waals surface area contributed by atoms with Gasteiger partial charge in [0.05, 0.1) is 12.3 Å². The summed E-state index contributed by atoms with van der Waals surface area (Å²) in [6, 6.07) is 8.95. The number of thiazole rings is 1. The second kappa shape index (κ2) is 5.80. The van der Waals surface area contributed by atoms with Gasteiger partial charge in [-0.25, -0.2) is 4.98 Å². The zero-order chi connectivity index (χ0) is 14.2. The van der Waals surface area contributed by atoms with Gasteiger partial charge in [-0.3, -0.25) is 4.90 Å². The molecule has 110 valence electrons. The third-order valence-corrected chi connectivity index (χ3v) is 5.79. The highest BCUT2D eigenvalue weighted by Gasteiger charge is 2.34. The second-order valence-corrected chi connectivity index (χ2v) is 7.50.